The maximum absolute atomic E-state index is 12.7. The molecule has 0 saturated carbocycles. The zero-order chi connectivity index (χ0) is 23.4. The number of hydrogen-bond donors (Lipinski definition) is 3. The fourth-order valence-corrected chi connectivity index (χ4v) is 4.63. The highest BCUT2D eigenvalue weighted by atomic mass is 16.1. The molecule has 3 N–H and O–H groups in total. The molecule has 6 aromatic rings. The highest BCUT2D eigenvalue weighted by molar-refractivity contribution is 5.97. The minimum Gasteiger partial charge on any atom is -0.336 e. The summed E-state index contributed by atoms with van der Waals surface area (Å²) in [6, 6.07) is 20.1. The number of hydrogen-bond acceptors (Lipinski definition) is 5. The number of rotatable bonds is 0. The number of imidazole rings is 1. The second kappa shape index (κ2) is 7.59. The highest BCUT2D eigenvalue weighted by Gasteiger charge is 2.17. The molecule has 0 fully saturated rings. The second-order valence-corrected chi connectivity index (χ2v) is 8.66. The maximum Gasteiger partial charge on any atom is 0.224 e. The predicted molar refractivity (Wildman–Crippen MR) is 135 cm³/mol. The minimum absolute atomic E-state index is 0.0601. The van der Waals surface area contributed by atoms with E-state index >= 15 is 0 Å². The Morgan fingerprint density at radius 1 is 0.800 bits per heavy atom. The number of pyridine rings is 2. The third-order valence-corrected chi connectivity index (χ3v) is 6.34. The molecule has 1 amide bonds. The summed E-state index contributed by atoms with van der Waals surface area (Å²) in [6.45, 7) is 0. The van der Waals surface area contributed by atoms with Gasteiger partial charge in [-0.15, -0.1) is 0 Å². The predicted octanol–water partition coefficient (Wildman–Crippen LogP) is 5.11. The van der Waals surface area contributed by atoms with Gasteiger partial charge in [-0.05, 0) is 41.8 Å². The monoisotopic (exact) mass is 457 g/mol. The first-order chi connectivity index (χ1) is 17.2. The number of aromatic nitrogens is 6. The summed E-state index contributed by atoms with van der Waals surface area (Å²) >= 11 is 0. The normalized spacial score (nSPS) is 13.2. The quantitative estimate of drug-likeness (QED) is 0.293. The van der Waals surface area contributed by atoms with E-state index in [1.165, 1.54) is 0 Å². The Balaban J connectivity index is 1.48. The van der Waals surface area contributed by atoms with Gasteiger partial charge in [-0.25, -0.2) is 9.97 Å². The van der Waals surface area contributed by atoms with Crippen LogP contribution in [0.2, 0.25) is 0 Å². The van der Waals surface area contributed by atoms with Crippen LogP contribution in [0, 0.1) is 0 Å². The van der Waals surface area contributed by atoms with E-state index in [4.69, 9.17) is 9.97 Å². The lowest BCUT2D eigenvalue weighted by Crippen LogP contribution is -2.12. The first-order valence-electron chi connectivity index (χ1n) is 11.4. The molecule has 0 radical (unpaired) electrons. The lowest BCUT2D eigenvalue weighted by molar-refractivity contribution is -0.116. The third kappa shape index (κ3) is 3.34. The number of nitrogens with zero attached hydrogens (tertiary/aromatic N) is 4. The molecule has 168 valence electrons. The molecule has 0 spiro atoms. The number of carbonyl (C=O) groups excluding carboxylic acids is 1. The molecule has 0 aliphatic carbocycles. The Kier molecular flexibility index (Phi) is 4.25. The second-order valence-electron chi connectivity index (χ2n) is 8.66. The summed E-state index contributed by atoms with van der Waals surface area (Å²) in [4.78, 5) is 30.3. The smallest absolute Gasteiger partial charge is 0.224 e. The number of nitrogens with one attached hydrogen (secondary N) is 3. The molecule has 1 aliphatic rings. The van der Waals surface area contributed by atoms with Crippen LogP contribution in [-0.4, -0.2) is 36.0 Å². The van der Waals surface area contributed by atoms with Crippen LogP contribution >= 0.6 is 0 Å². The number of carbonyl (C=O) groups is 1. The Labute approximate surface area is 199 Å². The molecular formula is C27H19N7O. The van der Waals surface area contributed by atoms with Gasteiger partial charge in [0, 0.05) is 23.7 Å². The number of H-pyrrole nitrogens is 2. The zero-order valence-electron chi connectivity index (χ0n) is 18.5. The summed E-state index contributed by atoms with van der Waals surface area (Å²) in [5.41, 5.74) is 9.29. The van der Waals surface area contributed by atoms with Crippen molar-refractivity contribution in [3.8, 4) is 33.9 Å². The number of aromatic amines is 2. The van der Waals surface area contributed by atoms with Crippen molar-refractivity contribution in [3.05, 3.63) is 78.6 Å². The highest BCUT2D eigenvalue weighted by Crippen LogP contribution is 2.32. The molecule has 0 saturated heterocycles. The molecule has 8 bridgehead atoms. The Bertz CT molecular complexity index is 1760. The van der Waals surface area contributed by atoms with Crippen LogP contribution in [0.3, 0.4) is 0 Å². The summed E-state index contributed by atoms with van der Waals surface area (Å²) < 4.78 is 0. The number of benzene rings is 2. The van der Waals surface area contributed by atoms with Crippen molar-refractivity contribution in [2.24, 2.45) is 0 Å². The first-order valence-corrected chi connectivity index (χ1v) is 11.4. The van der Waals surface area contributed by atoms with Gasteiger partial charge in [-0.1, -0.05) is 36.4 Å². The summed E-state index contributed by atoms with van der Waals surface area (Å²) in [5.74, 6) is 0.592. The van der Waals surface area contributed by atoms with Crippen LogP contribution in [0.1, 0.15) is 12.0 Å². The summed E-state index contributed by atoms with van der Waals surface area (Å²) in [7, 11) is 0. The van der Waals surface area contributed by atoms with Gasteiger partial charge in [0.2, 0.25) is 5.91 Å². The number of anilines is 1. The van der Waals surface area contributed by atoms with Gasteiger partial charge in [0.15, 0.2) is 11.5 Å². The van der Waals surface area contributed by atoms with Crippen molar-refractivity contribution < 1.29 is 4.79 Å². The minimum atomic E-state index is -0.0601. The average molecular weight is 457 g/mol. The summed E-state index contributed by atoms with van der Waals surface area (Å²) in [6.07, 6.45) is 4.38. The van der Waals surface area contributed by atoms with E-state index < -0.39 is 0 Å². The van der Waals surface area contributed by atoms with Gasteiger partial charge in [0.25, 0.3) is 0 Å². The third-order valence-electron chi connectivity index (χ3n) is 6.34. The van der Waals surface area contributed by atoms with Crippen LogP contribution in [0.5, 0.6) is 0 Å². The Morgan fingerprint density at radius 2 is 1.74 bits per heavy atom. The van der Waals surface area contributed by atoms with E-state index in [0.29, 0.717) is 35.6 Å². The number of amides is 1. The molecule has 0 atom stereocenters. The number of para-hydroxylation sites is 1. The van der Waals surface area contributed by atoms with Crippen LogP contribution in [0.25, 0.3) is 56.0 Å². The van der Waals surface area contributed by atoms with Crippen molar-refractivity contribution in [2.45, 2.75) is 12.8 Å². The summed E-state index contributed by atoms with van der Waals surface area (Å²) in [5, 5.41) is 10.6. The largest absolute Gasteiger partial charge is 0.336 e. The molecule has 2 aromatic carbocycles. The van der Waals surface area contributed by atoms with E-state index in [9.17, 15) is 4.79 Å². The van der Waals surface area contributed by atoms with Crippen LogP contribution in [-0.2, 0) is 11.2 Å². The van der Waals surface area contributed by atoms with E-state index in [1.54, 1.807) is 12.4 Å². The zero-order valence-corrected chi connectivity index (χ0v) is 18.5. The lowest BCUT2D eigenvalue weighted by Gasteiger charge is -2.09. The molecule has 7 rings (SSSR count). The molecule has 8 heteroatoms. The van der Waals surface area contributed by atoms with Crippen molar-refractivity contribution in [1.29, 1.82) is 0 Å². The van der Waals surface area contributed by atoms with E-state index in [2.05, 4.69) is 43.7 Å². The van der Waals surface area contributed by atoms with E-state index in [-0.39, 0.29) is 5.91 Å². The van der Waals surface area contributed by atoms with Gasteiger partial charge in [-0.3, -0.25) is 14.9 Å². The Hall–Kier alpha value is -4.85. The molecule has 0 unspecified atom stereocenters. The van der Waals surface area contributed by atoms with Gasteiger partial charge in [0.1, 0.15) is 5.52 Å². The van der Waals surface area contributed by atoms with Crippen LogP contribution in [0.15, 0.2) is 73.1 Å². The molecule has 1 aliphatic heterocycles. The molecule has 35 heavy (non-hydrogen) atoms. The van der Waals surface area contributed by atoms with E-state index in [1.807, 2.05) is 42.5 Å². The SMILES string of the molecule is O=C1CCc2cccc(c2)-c2cccc3[nH]c(nc23)-c2n[nH]c3ccc(nc23)-c2cncc(c2)N1. The maximum atomic E-state index is 12.7. The molecule has 4 aromatic heterocycles. The van der Waals surface area contributed by atoms with Crippen molar-refractivity contribution in [1.82, 2.24) is 30.1 Å². The number of fused-ring (bicyclic) bond motifs is 9. The van der Waals surface area contributed by atoms with E-state index in [0.717, 1.165) is 44.5 Å². The van der Waals surface area contributed by atoms with Crippen LogP contribution < -0.4 is 5.32 Å². The van der Waals surface area contributed by atoms with Gasteiger partial charge in [-0.2, -0.15) is 5.10 Å². The first kappa shape index (κ1) is 19.6. The van der Waals surface area contributed by atoms with Crippen molar-refractivity contribution in [2.75, 3.05) is 5.32 Å². The fourth-order valence-electron chi connectivity index (χ4n) is 4.63. The molecule has 8 nitrogen and oxygen atoms in total. The fraction of sp³-hybridized carbons (Fsp3) is 0.0741. The van der Waals surface area contributed by atoms with Gasteiger partial charge in [0.05, 0.1) is 34.1 Å². The Morgan fingerprint density at radius 3 is 2.71 bits per heavy atom. The van der Waals surface area contributed by atoms with Crippen molar-refractivity contribution in [3.63, 3.8) is 0 Å². The number of aryl methyl sites for hydroxylation is 1. The van der Waals surface area contributed by atoms with Crippen LogP contribution in [0.4, 0.5) is 5.69 Å². The average Bonchev–Trinajstić information content (AvgIpc) is 3.51. The lowest BCUT2D eigenvalue weighted by atomic mass is 10.00. The molecular weight excluding hydrogens is 438 g/mol. The van der Waals surface area contributed by atoms with Gasteiger partial charge >= 0.3 is 0 Å². The van der Waals surface area contributed by atoms with Crippen molar-refractivity contribution >= 4 is 33.7 Å². The van der Waals surface area contributed by atoms with Gasteiger partial charge < -0.3 is 10.3 Å². The topological polar surface area (TPSA) is 112 Å². The standard InChI is InChI=1S/C27H19N7O/c35-23-10-7-15-3-1-4-16(11-15)19-5-2-6-21-24(19)32-27(31-21)26-25-22(33-34-26)9-8-20(30-25)17-12-18(29-23)14-28-13-17/h1-6,8-9,11-14H,7,10H2,(H,29,35)(H,31,32)(H,33,34). The molecule has 5 heterocycles.